The van der Waals surface area contributed by atoms with Crippen molar-refractivity contribution in [3.63, 3.8) is 0 Å². The first-order valence-electron chi connectivity index (χ1n) is 7.57. The fraction of sp³-hybridized carbons (Fsp3) is 0.667. The van der Waals surface area contributed by atoms with Crippen molar-refractivity contribution in [1.82, 2.24) is 0 Å². The van der Waals surface area contributed by atoms with Gasteiger partial charge in [-0.25, -0.2) is 0 Å². The van der Waals surface area contributed by atoms with Gasteiger partial charge in [0.2, 0.25) is 0 Å². The fourth-order valence-electron chi connectivity index (χ4n) is 3.51. The first-order valence-corrected chi connectivity index (χ1v) is 7.57. The highest BCUT2D eigenvalue weighted by atomic mass is 14.3. The Morgan fingerprint density at radius 3 is 2.17 bits per heavy atom. The molecule has 1 aliphatic rings. The van der Waals surface area contributed by atoms with Gasteiger partial charge in [-0.05, 0) is 73.6 Å². The summed E-state index contributed by atoms with van der Waals surface area (Å²) in [6.45, 7) is 11.6. The van der Waals surface area contributed by atoms with Gasteiger partial charge in [-0.15, -0.1) is 0 Å². The zero-order chi connectivity index (χ0) is 13.3. The minimum atomic E-state index is 0.733. The summed E-state index contributed by atoms with van der Waals surface area (Å²) in [5, 5.41) is 0. The highest BCUT2D eigenvalue weighted by Crippen LogP contribution is 2.39. The molecule has 1 aliphatic carbocycles. The Labute approximate surface area is 113 Å². The molecule has 1 unspecified atom stereocenters. The molecule has 2 rings (SSSR count). The van der Waals surface area contributed by atoms with Gasteiger partial charge in [0.05, 0.1) is 0 Å². The van der Waals surface area contributed by atoms with Crippen LogP contribution >= 0.6 is 0 Å². The summed E-state index contributed by atoms with van der Waals surface area (Å²) >= 11 is 0. The predicted octanol–water partition coefficient (Wildman–Crippen LogP) is 5.54. The molecule has 0 nitrogen and oxygen atoms in total. The van der Waals surface area contributed by atoms with Gasteiger partial charge >= 0.3 is 0 Å². The maximum atomic E-state index is 2.44. The third kappa shape index (κ3) is 2.63. The molecule has 0 N–H and O–H groups in total. The molecule has 0 saturated heterocycles. The van der Waals surface area contributed by atoms with Crippen LogP contribution in [0.4, 0.5) is 0 Å². The number of rotatable bonds is 2. The largest absolute Gasteiger partial charge is 0.0625 e. The molecule has 0 radical (unpaired) electrons. The molecule has 0 spiro atoms. The Morgan fingerprint density at radius 1 is 0.944 bits per heavy atom. The van der Waals surface area contributed by atoms with E-state index in [0.717, 1.165) is 17.8 Å². The standard InChI is InChI=1S/C18H28/c1-12-6-9-17(10-7-12)16(5)18-11-8-13(2)14(3)15(18)4/h8,11-12,16-17H,6-7,9-10H2,1-5H3. The summed E-state index contributed by atoms with van der Waals surface area (Å²) in [5.41, 5.74) is 6.04. The van der Waals surface area contributed by atoms with Crippen LogP contribution < -0.4 is 0 Å². The van der Waals surface area contributed by atoms with Crippen LogP contribution in [0.3, 0.4) is 0 Å². The second-order valence-electron chi connectivity index (χ2n) is 6.53. The first kappa shape index (κ1) is 13.6. The number of aryl methyl sites for hydroxylation is 1. The number of benzene rings is 1. The van der Waals surface area contributed by atoms with Crippen molar-refractivity contribution in [3.05, 3.63) is 34.4 Å². The van der Waals surface area contributed by atoms with Gasteiger partial charge in [-0.3, -0.25) is 0 Å². The van der Waals surface area contributed by atoms with E-state index in [4.69, 9.17) is 0 Å². The van der Waals surface area contributed by atoms with Gasteiger partial charge in [-0.1, -0.05) is 38.8 Å². The Balaban J connectivity index is 2.18. The monoisotopic (exact) mass is 244 g/mol. The molecular formula is C18H28. The maximum absolute atomic E-state index is 2.44. The van der Waals surface area contributed by atoms with Crippen molar-refractivity contribution < 1.29 is 0 Å². The van der Waals surface area contributed by atoms with Gasteiger partial charge in [0, 0.05) is 0 Å². The number of hydrogen-bond donors (Lipinski definition) is 0. The molecule has 1 saturated carbocycles. The average molecular weight is 244 g/mol. The molecule has 1 atom stereocenters. The first-order chi connectivity index (χ1) is 8.50. The zero-order valence-corrected chi connectivity index (χ0v) is 12.7. The molecule has 0 bridgehead atoms. The lowest BCUT2D eigenvalue weighted by molar-refractivity contribution is 0.261. The van der Waals surface area contributed by atoms with Crippen molar-refractivity contribution in [2.45, 2.75) is 66.2 Å². The van der Waals surface area contributed by atoms with Gasteiger partial charge < -0.3 is 0 Å². The maximum Gasteiger partial charge on any atom is -0.0159 e. The van der Waals surface area contributed by atoms with Gasteiger partial charge in [-0.2, -0.15) is 0 Å². The molecule has 1 aromatic rings. The lowest BCUT2D eigenvalue weighted by Gasteiger charge is -2.32. The summed E-state index contributed by atoms with van der Waals surface area (Å²) in [7, 11) is 0. The van der Waals surface area contributed by atoms with E-state index in [1.165, 1.54) is 42.4 Å². The number of hydrogen-bond acceptors (Lipinski definition) is 0. The van der Waals surface area contributed by atoms with E-state index >= 15 is 0 Å². The van der Waals surface area contributed by atoms with Crippen LogP contribution in [0.1, 0.15) is 67.7 Å². The lowest BCUT2D eigenvalue weighted by atomic mass is 9.73. The van der Waals surface area contributed by atoms with Crippen LogP contribution in [0.15, 0.2) is 12.1 Å². The van der Waals surface area contributed by atoms with Crippen LogP contribution in [0, 0.1) is 32.6 Å². The summed E-state index contributed by atoms with van der Waals surface area (Å²) < 4.78 is 0. The summed E-state index contributed by atoms with van der Waals surface area (Å²) in [5.74, 6) is 2.59. The van der Waals surface area contributed by atoms with E-state index in [9.17, 15) is 0 Å². The van der Waals surface area contributed by atoms with E-state index in [1.54, 1.807) is 5.56 Å². The minimum Gasteiger partial charge on any atom is -0.0625 e. The lowest BCUT2D eigenvalue weighted by Crippen LogP contribution is -2.18. The van der Waals surface area contributed by atoms with Gasteiger partial charge in [0.15, 0.2) is 0 Å². The van der Waals surface area contributed by atoms with Gasteiger partial charge in [0.1, 0.15) is 0 Å². The second-order valence-corrected chi connectivity index (χ2v) is 6.53. The third-order valence-corrected chi connectivity index (χ3v) is 5.36. The Hall–Kier alpha value is -0.780. The van der Waals surface area contributed by atoms with Crippen LogP contribution in [-0.4, -0.2) is 0 Å². The quantitative estimate of drug-likeness (QED) is 0.640. The molecule has 1 aromatic carbocycles. The molecule has 0 aromatic heterocycles. The molecule has 18 heavy (non-hydrogen) atoms. The molecule has 0 heteroatoms. The normalized spacial score (nSPS) is 26.1. The van der Waals surface area contributed by atoms with E-state index in [2.05, 4.69) is 46.8 Å². The summed E-state index contributed by atoms with van der Waals surface area (Å²) in [6, 6.07) is 4.68. The van der Waals surface area contributed by atoms with Crippen LogP contribution in [0.2, 0.25) is 0 Å². The fourth-order valence-corrected chi connectivity index (χ4v) is 3.51. The van der Waals surface area contributed by atoms with E-state index in [0.29, 0.717) is 0 Å². The molecular weight excluding hydrogens is 216 g/mol. The summed E-state index contributed by atoms with van der Waals surface area (Å²) in [4.78, 5) is 0. The van der Waals surface area contributed by atoms with Crippen molar-refractivity contribution in [1.29, 1.82) is 0 Å². The van der Waals surface area contributed by atoms with Crippen LogP contribution in [0.25, 0.3) is 0 Å². The molecule has 100 valence electrons. The van der Waals surface area contributed by atoms with Crippen molar-refractivity contribution in [2.24, 2.45) is 11.8 Å². The SMILES string of the molecule is Cc1ccc(C(C)C2CCC(C)CC2)c(C)c1C. The van der Waals surface area contributed by atoms with E-state index < -0.39 is 0 Å². The highest BCUT2D eigenvalue weighted by molar-refractivity contribution is 5.40. The smallest absolute Gasteiger partial charge is 0.0159 e. The Morgan fingerprint density at radius 2 is 1.56 bits per heavy atom. The van der Waals surface area contributed by atoms with E-state index in [1.807, 2.05) is 0 Å². The third-order valence-electron chi connectivity index (χ3n) is 5.36. The topological polar surface area (TPSA) is 0 Å². The van der Waals surface area contributed by atoms with E-state index in [-0.39, 0.29) is 0 Å². The van der Waals surface area contributed by atoms with Gasteiger partial charge in [0.25, 0.3) is 0 Å². The average Bonchev–Trinajstić information content (AvgIpc) is 2.36. The second kappa shape index (κ2) is 5.47. The summed E-state index contributed by atoms with van der Waals surface area (Å²) in [6.07, 6.45) is 5.71. The van der Waals surface area contributed by atoms with Crippen LogP contribution in [0.5, 0.6) is 0 Å². The molecule has 0 heterocycles. The van der Waals surface area contributed by atoms with Crippen molar-refractivity contribution in [2.75, 3.05) is 0 Å². The molecule has 1 fully saturated rings. The molecule has 0 amide bonds. The Bertz CT molecular complexity index is 408. The Kier molecular flexibility index (Phi) is 4.14. The molecule has 0 aliphatic heterocycles. The highest BCUT2D eigenvalue weighted by Gasteiger charge is 2.25. The predicted molar refractivity (Wildman–Crippen MR) is 80.2 cm³/mol. The zero-order valence-electron chi connectivity index (χ0n) is 12.7. The van der Waals surface area contributed by atoms with Crippen molar-refractivity contribution >= 4 is 0 Å². The van der Waals surface area contributed by atoms with Crippen molar-refractivity contribution in [3.8, 4) is 0 Å². The van der Waals surface area contributed by atoms with Crippen LogP contribution in [-0.2, 0) is 0 Å². The minimum absolute atomic E-state index is 0.733.